The number of sulfone groups is 1. The SMILES string of the molecule is COc1ccc(S(=O)(=O)c2ncccc2N(C)c2c(C)cc(-c3cccnc3)cc2C(=O)NO)cc1. The van der Waals surface area contributed by atoms with Gasteiger partial charge in [0, 0.05) is 31.2 Å². The van der Waals surface area contributed by atoms with Gasteiger partial charge in [-0.3, -0.25) is 15.0 Å². The monoisotopic (exact) mass is 504 g/mol. The summed E-state index contributed by atoms with van der Waals surface area (Å²) in [6, 6.07) is 16.4. The smallest absolute Gasteiger partial charge is 0.276 e. The number of anilines is 2. The molecular weight excluding hydrogens is 480 g/mol. The number of rotatable bonds is 7. The number of nitrogens with one attached hydrogen (secondary N) is 1. The summed E-state index contributed by atoms with van der Waals surface area (Å²) in [7, 11) is -0.876. The molecule has 36 heavy (non-hydrogen) atoms. The van der Waals surface area contributed by atoms with E-state index in [4.69, 9.17) is 4.74 Å². The van der Waals surface area contributed by atoms with Gasteiger partial charge in [-0.2, -0.15) is 0 Å². The third kappa shape index (κ3) is 4.64. The molecule has 10 heteroatoms. The van der Waals surface area contributed by atoms with Crippen molar-refractivity contribution in [1.82, 2.24) is 15.4 Å². The molecule has 0 unspecified atom stereocenters. The Morgan fingerprint density at radius 3 is 2.39 bits per heavy atom. The van der Waals surface area contributed by atoms with E-state index in [0.29, 0.717) is 22.6 Å². The number of nitrogens with zero attached hydrogens (tertiary/aromatic N) is 3. The van der Waals surface area contributed by atoms with E-state index < -0.39 is 15.7 Å². The fourth-order valence-electron chi connectivity index (χ4n) is 3.99. The maximum Gasteiger partial charge on any atom is 0.276 e. The van der Waals surface area contributed by atoms with Crippen LogP contribution in [-0.4, -0.2) is 43.7 Å². The first kappa shape index (κ1) is 24.8. The Labute approximate surface area is 208 Å². The van der Waals surface area contributed by atoms with Gasteiger partial charge in [0.2, 0.25) is 9.84 Å². The van der Waals surface area contributed by atoms with Gasteiger partial charge in [0.25, 0.3) is 5.91 Å². The molecule has 4 rings (SSSR count). The van der Waals surface area contributed by atoms with Crippen molar-refractivity contribution < 1.29 is 23.2 Å². The second-order valence-corrected chi connectivity index (χ2v) is 9.80. The van der Waals surface area contributed by atoms with E-state index in [2.05, 4.69) is 9.97 Å². The molecule has 0 saturated carbocycles. The van der Waals surface area contributed by atoms with Gasteiger partial charge in [0.1, 0.15) is 5.75 Å². The highest BCUT2D eigenvalue weighted by Gasteiger charge is 2.27. The molecule has 2 N–H and O–H groups in total. The van der Waals surface area contributed by atoms with Crippen LogP contribution in [0.1, 0.15) is 15.9 Å². The third-order valence-electron chi connectivity index (χ3n) is 5.71. The predicted octanol–water partition coefficient (Wildman–Crippen LogP) is 4.18. The van der Waals surface area contributed by atoms with Crippen LogP contribution in [0, 0.1) is 6.92 Å². The van der Waals surface area contributed by atoms with E-state index in [1.807, 2.05) is 12.1 Å². The maximum atomic E-state index is 13.5. The lowest BCUT2D eigenvalue weighted by Crippen LogP contribution is -2.24. The lowest BCUT2D eigenvalue weighted by atomic mass is 9.98. The van der Waals surface area contributed by atoms with Gasteiger partial charge in [-0.15, -0.1) is 0 Å². The molecule has 0 aliphatic rings. The predicted molar refractivity (Wildman–Crippen MR) is 134 cm³/mol. The number of hydroxylamine groups is 1. The minimum Gasteiger partial charge on any atom is -0.497 e. The van der Waals surface area contributed by atoms with Crippen molar-refractivity contribution in [2.75, 3.05) is 19.1 Å². The average Bonchev–Trinajstić information content (AvgIpc) is 2.92. The summed E-state index contributed by atoms with van der Waals surface area (Å²) in [5.41, 5.74) is 4.68. The van der Waals surface area contributed by atoms with Crippen molar-refractivity contribution in [3.8, 4) is 16.9 Å². The lowest BCUT2D eigenvalue weighted by molar-refractivity contribution is 0.0707. The number of hydrogen-bond donors (Lipinski definition) is 2. The number of benzene rings is 2. The molecule has 0 fully saturated rings. The molecule has 0 spiro atoms. The maximum absolute atomic E-state index is 13.5. The van der Waals surface area contributed by atoms with Crippen LogP contribution in [0.5, 0.6) is 5.75 Å². The van der Waals surface area contributed by atoms with Crippen molar-refractivity contribution in [3.63, 3.8) is 0 Å². The van der Waals surface area contributed by atoms with Crippen molar-refractivity contribution in [2.24, 2.45) is 0 Å². The van der Waals surface area contributed by atoms with E-state index >= 15 is 0 Å². The second-order valence-electron chi connectivity index (χ2n) is 7.94. The molecule has 2 aromatic heterocycles. The number of carbonyl (C=O) groups excluding carboxylic acids is 1. The Kier molecular flexibility index (Phi) is 7.00. The molecule has 184 valence electrons. The zero-order valence-electron chi connectivity index (χ0n) is 19.8. The highest BCUT2D eigenvalue weighted by Crippen LogP contribution is 2.37. The summed E-state index contributed by atoms with van der Waals surface area (Å²) in [5.74, 6) is -0.217. The van der Waals surface area contributed by atoms with Crippen LogP contribution >= 0.6 is 0 Å². The van der Waals surface area contributed by atoms with Gasteiger partial charge in [-0.25, -0.2) is 18.9 Å². The van der Waals surface area contributed by atoms with Crippen molar-refractivity contribution >= 4 is 27.1 Å². The normalized spacial score (nSPS) is 11.1. The van der Waals surface area contributed by atoms with Crippen LogP contribution in [0.25, 0.3) is 11.1 Å². The molecule has 0 atom stereocenters. The van der Waals surface area contributed by atoms with Crippen LogP contribution < -0.4 is 15.1 Å². The number of aromatic nitrogens is 2. The molecule has 2 aromatic carbocycles. The van der Waals surface area contributed by atoms with Gasteiger partial charge in [0.15, 0.2) is 5.03 Å². The zero-order valence-corrected chi connectivity index (χ0v) is 20.7. The fraction of sp³-hybridized carbons (Fsp3) is 0.115. The van der Waals surface area contributed by atoms with Crippen molar-refractivity contribution in [3.05, 3.63) is 90.4 Å². The Bertz CT molecular complexity index is 1510. The molecule has 0 saturated heterocycles. The molecule has 0 aliphatic heterocycles. The van der Waals surface area contributed by atoms with E-state index in [0.717, 1.165) is 5.56 Å². The summed E-state index contributed by atoms with van der Waals surface area (Å²) in [5, 5.41) is 9.27. The molecule has 0 radical (unpaired) electrons. The van der Waals surface area contributed by atoms with Gasteiger partial charge >= 0.3 is 0 Å². The first-order valence-corrected chi connectivity index (χ1v) is 12.3. The van der Waals surface area contributed by atoms with Gasteiger partial charge in [-0.05, 0) is 72.6 Å². The van der Waals surface area contributed by atoms with Crippen LogP contribution in [0.15, 0.2) is 89.2 Å². The molecule has 4 aromatic rings. The number of pyridine rings is 2. The van der Waals surface area contributed by atoms with Crippen LogP contribution in [0.4, 0.5) is 11.4 Å². The average molecular weight is 505 g/mol. The fourth-order valence-corrected chi connectivity index (χ4v) is 5.39. The highest BCUT2D eigenvalue weighted by molar-refractivity contribution is 7.91. The van der Waals surface area contributed by atoms with Crippen LogP contribution in [0.3, 0.4) is 0 Å². The van der Waals surface area contributed by atoms with Crippen molar-refractivity contribution in [1.29, 1.82) is 0 Å². The number of amides is 1. The number of hydrogen-bond acceptors (Lipinski definition) is 8. The Hall–Kier alpha value is -4.28. The Morgan fingerprint density at radius 1 is 1.03 bits per heavy atom. The highest BCUT2D eigenvalue weighted by atomic mass is 32.2. The molecule has 0 aliphatic carbocycles. The second kappa shape index (κ2) is 10.1. The summed E-state index contributed by atoms with van der Waals surface area (Å²) in [6.07, 6.45) is 4.71. The largest absolute Gasteiger partial charge is 0.497 e. The molecular formula is C26H24N4O5S. The first-order chi connectivity index (χ1) is 17.3. The van der Waals surface area contributed by atoms with E-state index in [9.17, 15) is 18.4 Å². The number of aryl methyl sites for hydroxylation is 1. The number of carbonyl (C=O) groups is 1. The van der Waals surface area contributed by atoms with Gasteiger partial charge in [0.05, 0.1) is 28.9 Å². The van der Waals surface area contributed by atoms with E-state index in [-0.39, 0.29) is 21.2 Å². The number of methoxy groups -OCH3 is 1. The summed E-state index contributed by atoms with van der Waals surface area (Å²) in [4.78, 5) is 22.7. The lowest BCUT2D eigenvalue weighted by Gasteiger charge is -2.26. The third-order valence-corrected chi connectivity index (χ3v) is 7.43. The summed E-state index contributed by atoms with van der Waals surface area (Å²) in [6.45, 7) is 1.80. The van der Waals surface area contributed by atoms with E-state index in [1.54, 1.807) is 73.1 Å². The minimum absolute atomic E-state index is 0.0497. The standard InChI is InChI=1S/C26H24N4O5S/c1-17-14-19(18-6-4-12-27-16-18)15-22(25(31)29-32)24(17)30(2)23-7-5-13-28-26(23)36(33,34)21-10-8-20(35-3)9-11-21/h4-16,32H,1-3H3,(H,29,31). The topological polar surface area (TPSA) is 122 Å². The zero-order chi connectivity index (χ0) is 25.9. The van der Waals surface area contributed by atoms with Crippen LogP contribution in [-0.2, 0) is 9.84 Å². The summed E-state index contributed by atoms with van der Waals surface area (Å²) < 4.78 is 32.2. The quantitative estimate of drug-likeness (QED) is 0.284. The van der Waals surface area contributed by atoms with E-state index in [1.165, 1.54) is 25.4 Å². The summed E-state index contributed by atoms with van der Waals surface area (Å²) >= 11 is 0. The molecule has 0 bridgehead atoms. The molecule has 9 nitrogen and oxygen atoms in total. The Balaban J connectivity index is 1.86. The minimum atomic E-state index is -4.02. The first-order valence-electron chi connectivity index (χ1n) is 10.8. The Morgan fingerprint density at radius 2 is 1.75 bits per heavy atom. The van der Waals surface area contributed by atoms with Crippen molar-refractivity contribution in [2.45, 2.75) is 16.8 Å². The molecule has 2 heterocycles. The number of ether oxygens (including phenoxy) is 1. The van der Waals surface area contributed by atoms with Gasteiger partial charge < -0.3 is 9.64 Å². The van der Waals surface area contributed by atoms with Crippen LogP contribution in [0.2, 0.25) is 0 Å². The van der Waals surface area contributed by atoms with Gasteiger partial charge in [-0.1, -0.05) is 6.07 Å². The molecule has 1 amide bonds.